The second-order valence-corrected chi connectivity index (χ2v) is 6.87. The smallest absolute Gasteiger partial charge is 0.358 e. The van der Waals surface area contributed by atoms with Crippen LogP contribution in [0.4, 0.5) is 0 Å². The molecule has 0 bridgehead atoms. The standard InChI is InChI=1S/C16H13ClN2O2S/c1-9-19-14(16(20)21-8-10-2-3-10)15(22-9)11-4-5-13(17)12(6-11)7-18/h4-6,10H,2-3,8H2,1H3. The third kappa shape index (κ3) is 3.13. The van der Waals surface area contributed by atoms with Gasteiger partial charge >= 0.3 is 5.97 Å². The molecule has 0 spiro atoms. The fraction of sp³-hybridized carbons (Fsp3) is 0.312. The topological polar surface area (TPSA) is 63.0 Å². The molecule has 1 aliphatic carbocycles. The first-order valence-corrected chi connectivity index (χ1v) is 8.12. The van der Waals surface area contributed by atoms with E-state index in [1.807, 2.05) is 13.0 Å². The van der Waals surface area contributed by atoms with Crippen molar-refractivity contribution in [3.63, 3.8) is 0 Å². The van der Waals surface area contributed by atoms with Gasteiger partial charge in [-0.2, -0.15) is 5.26 Å². The van der Waals surface area contributed by atoms with E-state index in [0.717, 1.165) is 23.4 Å². The van der Waals surface area contributed by atoms with Gasteiger partial charge in [-0.1, -0.05) is 17.7 Å². The van der Waals surface area contributed by atoms with Crippen LogP contribution in [0.1, 0.15) is 33.9 Å². The molecule has 2 aromatic rings. The van der Waals surface area contributed by atoms with Crippen molar-refractivity contribution in [2.45, 2.75) is 19.8 Å². The van der Waals surface area contributed by atoms with Gasteiger partial charge in [0.15, 0.2) is 5.69 Å². The Hall–Kier alpha value is -1.90. The molecule has 1 aromatic heterocycles. The predicted molar refractivity (Wildman–Crippen MR) is 85.0 cm³/mol. The Morgan fingerprint density at radius 2 is 2.32 bits per heavy atom. The second kappa shape index (κ2) is 6.07. The van der Waals surface area contributed by atoms with E-state index in [2.05, 4.69) is 4.98 Å². The van der Waals surface area contributed by atoms with Gasteiger partial charge in [-0.25, -0.2) is 9.78 Å². The van der Waals surface area contributed by atoms with Crippen molar-refractivity contribution in [1.29, 1.82) is 5.26 Å². The largest absolute Gasteiger partial charge is 0.461 e. The van der Waals surface area contributed by atoms with Gasteiger partial charge < -0.3 is 4.74 Å². The minimum Gasteiger partial charge on any atom is -0.461 e. The maximum atomic E-state index is 12.2. The molecule has 1 saturated carbocycles. The molecule has 3 rings (SSSR count). The first kappa shape index (κ1) is 15.0. The number of carbonyl (C=O) groups excluding carboxylic acids is 1. The van der Waals surface area contributed by atoms with Crippen molar-refractivity contribution in [2.24, 2.45) is 5.92 Å². The molecule has 0 atom stereocenters. The molecule has 0 amide bonds. The van der Waals surface area contributed by atoms with Crippen molar-refractivity contribution in [3.05, 3.63) is 39.5 Å². The number of hydrogen-bond donors (Lipinski definition) is 0. The van der Waals surface area contributed by atoms with Crippen LogP contribution in [-0.4, -0.2) is 17.6 Å². The Labute approximate surface area is 137 Å². The van der Waals surface area contributed by atoms with E-state index in [1.54, 1.807) is 18.2 Å². The first-order valence-electron chi connectivity index (χ1n) is 6.93. The van der Waals surface area contributed by atoms with Crippen LogP contribution in [0.5, 0.6) is 0 Å². The molecule has 0 aliphatic heterocycles. The number of thiazole rings is 1. The third-order valence-electron chi connectivity index (χ3n) is 3.42. The van der Waals surface area contributed by atoms with Crippen LogP contribution in [0.2, 0.25) is 5.02 Å². The van der Waals surface area contributed by atoms with Gasteiger partial charge in [-0.15, -0.1) is 11.3 Å². The summed E-state index contributed by atoms with van der Waals surface area (Å²) >= 11 is 7.36. The fourth-order valence-electron chi connectivity index (χ4n) is 2.06. The number of ether oxygens (including phenoxy) is 1. The highest BCUT2D eigenvalue weighted by molar-refractivity contribution is 7.15. The van der Waals surface area contributed by atoms with Crippen molar-refractivity contribution in [1.82, 2.24) is 4.98 Å². The normalized spacial score (nSPS) is 13.7. The number of carbonyl (C=O) groups is 1. The van der Waals surface area contributed by atoms with Gasteiger partial charge in [0.25, 0.3) is 0 Å². The zero-order valence-corrected chi connectivity index (χ0v) is 13.5. The van der Waals surface area contributed by atoms with Crippen LogP contribution in [0, 0.1) is 24.2 Å². The van der Waals surface area contributed by atoms with E-state index in [9.17, 15) is 4.79 Å². The SMILES string of the molecule is Cc1nc(C(=O)OCC2CC2)c(-c2ccc(Cl)c(C#N)c2)s1. The van der Waals surface area contributed by atoms with Gasteiger partial charge in [-0.3, -0.25) is 0 Å². The number of nitrogens with zero attached hydrogens (tertiary/aromatic N) is 2. The summed E-state index contributed by atoms with van der Waals surface area (Å²) in [7, 11) is 0. The fourth-order valence-corrected chi connectivity index (χ4v) is 3.12. The lowest BCUT2D eigenvalue weighted by atomic mass is 10.1. The Morgan fingerprint density at radius 3 is 3.00 bits per heavy atom. The molecule has 1 aromatic carbocycles. The van der Waals surface area contributed by atoms with E-state index in [1.165, 1.54) is 11.3 Å². The Balaban J connectivity index is 1.93. The van der Waals surface area contributed by atoms with Gasteiger partial charge in [0.2, 0.25) is 0 Å². The van der Waals surface area contributed by atoms with E-state index in [0.29, 0.717) is 33.7 Å². The van der Waals surface area contributed by atoms with E-state index in [4.69, 9.17) is 21.6 Å². The summed E-state index contributed by atoms with van der Waals surface area (Å²) in [5.41, 5.74) is 1.45. The van der Waals surface area contributed by atoms with E-state index >= 15 is 0 Å². The summed E-state index contributed by atoms with van der Waals surface area (Å²) in [5.74, 6) is 0.104. The number of aromatic nitrogens is 1. The van der Waals surface area contributed by atoms with Gasteiger partial charge in [0, 0.05) is 0 Å². The van der Waals surface area contributed by atoms with Crippen LogP contribution in [0.25, 0.3) is 10.4 Å². The predicted octanol–water partition coefficient (Wildman–Crippen LogP) is 4.21. The van der Waals surface area contributed by atoms with E-state index < -0.39 is 5.97 Å². The van der Waals surface area contributed by atoms with Gasteiger partial charge in [-0.05, 0) is 43.4 Å². The Kier molecular flexibility index (Phi) is 4.14. The molecule has 112 valence electrons. The monoisotopic (exact) mass is 332 g/mol. The van der Waals surface area contributed by atoms with Crippen molar-refractivity contribution in [3.8, 4) is 16.5 Å². The highest BCUT2D eigenvalue weighted by atomic mass is 35.5. The summed E-state index contributed by atoms with van der Waals surface area (Å²) < 4.78 is 5.32. The number of nitriles is 1. The molecule has 22 heavy (non-hydrogen) atoms. The lowest BCUT2D eigenvalue weighted by molar-refractivity contribution is 0.0481. The summed E-state index contributed by atoms with van der Waals surface area (Å²) in [6, 6.07) is 7.16. The molecule has 4 nitrogen and oxygen atoms in total. The molecule has 0 saturated heterocycles. The van der Waals surface area contributed by atoms with Crippen molar-refractivity contribution >= 4 is 28.9 Å². The maximum Gasteiger partial charge on any atom is 0.358 e. The van der Waals surface area contributed by atoms with Crippen molar-refractivity contribution < 1.29 is 9.53 Å². The summed E-state index contributed by atoms with van der Waals surface area (Å²) in [5, 5.41) is 10.3. The lowest BCUT2D eigenvalue weighted by Gasteiger charge is -2.05. The van der Waals surface area contributed by atoms with Crippen LogP contribution >= 0.6 is 22.9 Å². The quantitative estimate of drug-likeness (QED) is 0.787. The Morgan fingerprint density at radius 1 is 1.55 bits per heavy atom. The maximum absolute atomic E-state index is 12.2. The first-order chi connectivity index (χ1) is 10.6. The van der Waals surface area contributed by atoms with Crippen LogP contribution in [0.3, 0.4) is 0 Å². The van der Waals surface area contributed by atoms with Gasteiger partial charge in [0.05, 0.1) is 27.1 Å². The molecule has 1 heterocycles. The molecule has 0 radical (unpaired) electrons. The average molecular weight is 333 g/mol. The zero-order valence-electron chi connectivity index (χ0n) is 11.9. The van der Waals surface area contributed by atoms with Gasteiger partial charge in [0.1, 0.15) is 6.07 Å². The number of halogens is 1. The van der Waals surface area contributed by atoms with Crippen LogP contribution in [0.15, 0.2) is 18.2 Å². The second-order valence-electron chi connectivity index (χ2n) is 5.26. The molecular formula is C16H13ClN2O2S. The Bertz CT molecular complexity index is 775. The van der Waals surface area contributed by atoms with E-state index in [-0.39, 0.29) is 0 Å². The molecule has 6 heteroatoms. The molecule has 0 unspecified atom stereocenters. The van der Waals surface area contributed by atoms with Crippen LogP contribution in [-0.2, 0) is 4.74 Å². The average Bonchev–Trinajstić information content (AvgIpc) is 3.26. The number of benzene rings is 1. The van der Waals surface area contributed by atoms with Crippen molar-refractivity contribution in [2.75, 3.05) is 6.61 Å². The minimum absolute atomic E-state index is 0.314. The molecular weight excluding hydrogens is 320 g/mol. The lowest BCUT2D eigenvalue weighted by Crippen LogP contribution is -2.09. The number of hydrogen-bond acceptors (Lipinski definition) is 5. The summed E-state index contributed by atoms with van der Waals surface area (Å²) in [6.45, 7) is 2.30. The third-order valence-corrected chi connectivity index (χ3v) is 4.77. The zero-order chi connectivity index (χ0) is 15.7. The summed E-state index contributed by atoms with van der Waals surface area (Å²) in [4.78, 5) is 17.2. The molecule has 1 fully saturated rings. The van der Waals surface area contributed by atoms with Crippen LogP contribution < -0.4 is 0 Å². The number of esters is 1. The number of rotatable bonds is 4. The number of aryl methyl sites for hydroxylation is 1. The summed E-state index contributed by atoms with van der Waals surface area (Å²) in [6.07, 6.45) is 2.25. The molecule has 1 aliphatic rings. The molecule has 0 N–H and O–H groups in total. The highest BCUT2D eigenvalue weighted by Crippen LogP contribution is 2.34. The minimum atomic E-state index is -0.403. The highest BCUT2D eigenvalue weighted by Gasteiger charge is 2.26.